The molecule has 0 amide bonds. The van der Waals surface area contributed by atoms with Crippen LogP contribution in [0.1, 0.15) is 35.3 Å². The molecular formula is C19H19NOS. The van der Waals surface area contributed by atoms with E-state index in [2.05, 4.69) is 37.4 Å². The summed E-state index contributed by atoms with van der Waals surface area (Å²) in [4.78, 5) is 14.6. The quantitative estimate of drug-likeness (QED) is 0.842. The van der Waals surface area contributed by atoms with E-state index in [1.165, 1.54) is 5.56 Å². The molecule has 0 fully saturated rings. The molecule has 0 unspecified atom stereocenters. The predicted octanol–water partition coefficient (Wildman–Crippen LogP) is 4.52. The maximum atomic E-state index is 12.8. The maximum absolute atomic E-state index is 12.8. The van der Waals surface area contributed by atoms with Crippen molar-refractivity contribution < 1.29 is 4.79 Å². The number of hydrogen-bond donors (Lipinski definition) is 1. The monoisotopic (exact) mass is 309 g/mol. The summed E-state index contributed by atoms with van der Waals surface area (Å²) < 4.78 is 0. The fraction of sp³-hybridized carbons (Fsp3) is 0.211. The van der Waals surface area contributed by atoms with Gasteiger partial charge in [0.05, 0.1) is 10.6 Å². The van der Waals surface area contributed by atoms with Crippen LogP contribution in [0.25, 0.3) is 5.70 Å². The lowest BCUT2D eigenvalue weighted by atomic mass is 10.00. The largest absolute Gasteiger partial charge is 0.384 e. The second kappa shape index (κ2) is 6.41. The van der Waals surface area contributed by atoms with Crippen molar-refractivity contribution in [2.75, 3.05) is 6.54 Å². The van der Waals surface area contributed by atoms with Gasteiger partial charge in [0.15, 0.2) is 0 Å². The predicted molar refractivity (Wildman–Crippen MR) is 93.0 cm³/mol. The van der Waals surface area contributed by atoms with Gasteiger partial charge in [-0.25, -0.2) is 0 Å². The van der Waals surface area contributed by atoms with Crippen molar-refractivity contribution in [3.63, 3.8) is 0 Å². The summed E-state index contributed by atoms with van der Waals surface area (Å²) in [5.41, 5.74) is 4.17. The molecule has 22 heavy (non-hydrogen) atoms. The summed E-state index contributed by atoms with van der Waals surface area (Å²) in [6.45, 7) is 5.00. The van der Waals surface area contributed by atoms with Gasteiger partial charge in [-0.2, -0.15) is 0 Å². The van der Waals surface area contributed by atoms with Crippen molar-refractivity contribution in [2.24, 2.45) is 0 Å². The van der Waals surface area contributed by atoms with E-state index in [1.807, 2.05) is 30.3 Å². The van der Waals surface area contributed by atoms with E-state index in [-0.39, 0.29) is 5.78 Å². The summed E-state index contributed by atoms with van der Waals surface area (Å²) in [5.74, 6) is 0.127. The van der Waals surface area contributed by atoms with Crippen LogP contribution in [0.5, 0.6) is 0 Å². The van der Waals surface area contributed by atoms with Crippen molar-refractivity contribution in [1.82, 2.24) is 5.32 Å². The Labute approximate surface area is 135 Å². The van der Waals surface area contributed by atoms with Crippen LogP contribution >= 0.6 is 11.8 Å². The van der Waals surface area contributed by atoms with Crippen LogP contribution < -0.4 is 5.32 Å². The van der Waals surface area contributed by atoms with Gasteiger partial charge in [-0.1, -0.05) is 55.1 Å². The lowest BCUT2D eigenvalue weighted by Crippen LogP contribution is -2.16. The van der Waals surface area contributed by atoms with E-state index < -0.39 is 0 Å². The third-order valence-corrected chi connectivity index (χ3v) is 4.97. The van der Waals surface area contributed by atoms with E-state index >= 15 is 0 Å². The maximum Gasteiger partial charge on any atom is 0.202 e. The molecule has 112 valence electrons. The van der Waals surface area contributed by atoms with E-state index in [0.29, 0.717) is 0 Å². The minimum Gasteiger partial charge on any atom is -0.384 e. The van der Waals surface area contributed by atoms with E-state index in [1.54, 1.807) is 11.8 Å². The number of benzene rings is 2. The van der Waals surface area contributed by atoms with Crippen LogP contribution in [0.2, 0.25) is 0 Å². The highest BCUT2D eigenvalue weighted by Crippen LogP contribution is 2.43. The number of carbonyl (C=O) groups is 1. The van der Waals surface area contributed by atoms with Crippen molar-refractivity contribution in [2.45, 2.75) is 25.2 Å². The molecule has 2 aromatic rings. The molecule has 0 spiro atoms. The molecule has 1 aliphatic rings. The third-order valence-electron chi connectivity index (χ3n) is 3.80. The molecule has 1 heterocycles. The van der Waals surface area contributed by atoms with Gasteiger partial charge in [-0.05, 0) is 31.0 Å². The molecule has 0 bridgehead atoms. The van der Waals surface area contributed by atoms with Crippen molar-refractivity contribution in [3.8, 4) is 0 Å². The molecule has 2 aromatic carbocycles. The number of fused-ring (bicyclic) bond motifs is 1. The molecule has 2 nitrogen and oxygen atoms in total. The Hall–Kier alpha value is -2.00. The zero-order valence-corrected chi connectivity index (χ0v) is 13.7. The van der Waals surface area contributed by atoms with Gasteiger partial charge in [0.2, 0.25) is 5.78 Å². The standard InChI is InChI=1S/C19H19NOS/c1-3-13-9-5-6-10-14(13)17(20-4-2)19-18(21)15-11-7-8-12-16(15)22-19/h5-12,20H,3-4H2,1-2H3. The van der Waals surface area contributed by atoms with Crippen LogP contribution in [0.4, 0.5) is 0 Å². The topological polar surface area (TPSA) is 29.1 Å². The van der Waals surface area contributed by atoms with Crippen LogP contribution in [0, 0.1) is 0 Å². The summed E-state index contributed by atoms with van der Waals surface area (Å²) in [5, 5.41) is 3.42. The zero-order valence-electron chi connectivity index (χ0n) is 12.8. The molecule has 0 radical (unpaired) electrons. The van der Waals surface area contributed by atoms with Gasteiger partial charge in [0.25, 0.3) is 0 Å². The van der Waals surface area contributed by atoms with E-state index in [9.17, 15) is 4.79 Å². The number of nitrogens with one attached hydrogen (secondary N) is 1. The van der Waals surface area contributed by atoms with Gasteiger partial charge in [-0.3, -0.25) is 4.79 Å². The highest BCUT2D eigenvalue weighted by molar-refractivity contribution is 8.05. The van der Waals surface area contributed by atoms with Gasteiger partial charge in [-0.15, -0.1) is 0 Å². The molecular weight excluding hydrogens is 290 g/mol. The summed E-state index contributed by atoms with van der Waals surface area (Å²) in [6.07, 6.45) is 0.949. The summed E-state index contributed by atoms with van der Waals surface area (Å²) in [7, 11) is 0. The van der Waals surface area contributed by atoms with Crippen molar-refractivity contribution in [3.05, 3.63) is 70.1 Å². The number of hydrogen-bond acceptors (Lipinski definition) is 3. The Kier molecular flexibility index (Phi) is 4.34. The van der Waals surface area contributed by atoms with E-state index in [0.717, 1.165) is 39.6 Å². The fourth-order valence-corrected chi connectivity index (χ4v) is 3.86. The first-order valence-electron chi connectivity index (χ1n) is 7.64. The molecule has 0 saturated heterocycles. The molecule has 1 aliphatic heterocycles. The summed E-state index contributed by atoms with van der Waals surface area (Å²) in [6, 6.07) is 16.1. The average molecular weight is 309 g/mol. The van der Waals surface area contributed by atoms with Crippen molar-refractivity contribution in [1.29, 1.82) is 0 Å². The first kappa shape index (κ1) is 14.9. The molecule has 1 N–H and O–H groups in total. The zero-order chi connectivity index (χ0) is 15.5. The van der Waals surface area contributed by atoms with Gasteiger partial charge in [0.1, 0.15) is 0 Å². The highest BCUT2D eigenvalue weighted by Gasteiger charge is 2.29. The van der Waals surface area contributed by atoms with Gasteiger partial charge >= 0.3 is 0 Å². The second-order valence-electron chi connectivity index (χ2n) is 5.17. The molecule has 0 aliphatic carbocycles. The Balaban J connectivity index is 2.15. The molecule has 3 rings (SSSR count). The number of carbonyl (C=O) groups excluding carboxylic acids is 1. The summed E-state index contributed by atoms with van der Waals surface area (Å²) >= 11 is 1.57. The number of allylic oxidation sites excluding steroid dienone is 1. The minimum absolute atomic E-state index is 0.127. The SMILES string of the molecule is CCNC(=C1Sc2ccccc2C1=O)c1ccccc1CC. The van der Waals surface area contributed by atoms with Crippen LogP contribution in [-0.2, 0) is 6.42 Å². The Morgan fingerprint density at radius 3 is 2.50 bits per heavy atom. The second-order valence-corrected chi connectivity index (χ2v) is 6.22. The van der Waals surface area contributed by atoms with Crippen LogP contribution in [0.15, 0.2) is 58.3 Å². The van der Waals surface area contributed by atoms with Gasteiger partial charge < -0.3 is 5.32 Å². The molecule has 3 heteroatoms. The smallest absolute Gasteiger partial charge is 0.202 e. The molecule has 0 aromatic heterocycles. The minimum atomic E-state index is 0.127. The third kappa shape index (κ3) is 2.57. The Bertz CT molecular complexity index is 749. The first-order chi connectivity index (χ1) is 10.8. The van der Waals surface area contributed by atoms with Gasteiger partial charge in [0, 0.05) is 22.6 Å². The Morgan fingerprint density at radius 2 is 1.77 bits per heavy atom. The number of aryl methyl sites for hydroxylation is 1. The van der Waals surface area contributed by atoms with Crippen LogP contribution in [0.3, 0.4) is 0 Å². The van der Waals surface area contributed by atoms with E-state index in [4.69, 9.17) is 0 Å². The molecule has 0 atom stereocenters. The fourth-order valence-electron chi connectivity index (χ4n) is 2.73. The average Bonchev–Trinajstić information content (AvgIpc) is 2.90. The number of ketones is 1. The Morgan fingerprint density at radius 1 is 1.05 bits per heavy atom. The number of thioether (sulfide) groups is 1. The lowest BCUT2D eigenvalue weighted by molar-refractivity contribution is 0.104. The van der Waals surface area contributed by atoms with Crippen LogP contribution in [-0.4, -0.2) is 12.3 Å². The highest BCUT2D eigenvalue weighted by atomic mass is 32.2. The normalized spacial score (nSPS) is 15.6. The first-order valence-corrected chi connectivity index (χ1v) is 8.45. The number of Topliss-reactive ketones (excluding diaryl/α,β-unsaturated/α-hetero) is 1. The lowest BCUT2D eigenvalue weighted by Gasteiger charge is -2.15. The molecule has 0 saturated carbocycles. The van der Waals surface area contributed by atoms with Crippen molar-refractivity contribution >= 4 is 23.2 Å². The number of rotatable bonds is 4.